The Bertz CT molecular complexity index is 866. The zero-order valence-electron chi connectivity index (χ0n) is 18.8. The summed E-state index contributed by atoms with van der Waals surface area (Å²) >= 11 is 1.69. The first-order chi connectivity index (χ1) is 15.5. The summed E-state index contributed by atoms with van der Waals surface area (Å²) in [6.45, 7) is 3.12. The van der Waals surface area contributed by atoms with E-state index in [9.17, 15) is 14.4 Å². The Morgan fingerprint density at radius 1 is 1.19 bits per heavy atom. The molecule has 8 heteroatoms. The van der Waals surface area contributed by atoms with Gasteiger partial charge in [0.25, 0.3) is 0 Å². The molecule has 0 aromatic heterocycles. The van der Waals surface area contributed by atoms with Crippen molar-refractivity contribution in [1.82, 2.24) is 15.5 Å². The second-order valence-electron chi connectivity index (χ2n) is 9.19. The van der Waals surface area contributed by atoms with Crippen molar-refractivity contribution in [1.29, 1.82) is 0 Å². The summed E-state index contributed by atoms with van der Waals surface area (Å²) in [6.07, 6.45) is 3.04. The van der Waals surface area contributed by atoms with Crippen molar-refractivity contribution in [2.24, 2.45) is 17.8 Å². The van der Waals surface area contributed by atoms with Gasteiger partial charge in [-0.25, -0.2) is 0 Å². The van der Waals surface area contributed by atoms with Gasteiger partial charge in [0.1, 0.15) is 6.04 Å². The number of aliphatic hydroxyl groups is 1. The van der Waals surface area contributed by atoms with Gasteiger partial charge in [-0.2, -0.15) is 0 Å². The Kier molecular flexibility index (Phi) is 6.81. The molecule has 3 N–H and O–H groups in total. The second kappa shape index (κ2) is 9.43. The summed E-state index contributed by atoms with van der Waals surface area (Å²) in [5.74, 6) is -0.983. The summed E-state index contributed by atoms with van der Waals surface area (Å²) in [5, 5.41) is 15.0. The maximum atomic E-state index is 13.7. The smallest absolute Gasteiger partial charge is 0.244 e. The Labute approximate surface area is 193 Å². The molecule has 3 unspecified atom stereocenters. The lowest BCUT2D eigenvalue weighted by atomic mass is 9.66. The lowest BCUT2D eigenvalue weighted by Crippen LogP contribution is -2.56. The van der Waals surface area contributed by atoms with Crippen LogP contribution >= 0.6 is 11.8 Å². The van der Waals surface area contributed by atoms with E-state index in [4.69, 9.17) is 5.11 Å². The van der Waals surface area contributed by atoms with Gasteiger partial charge in [-0.15, -0.1) is 11.8 Å². The number of carbonyl (C=O) groups is 3. The molecule has 3 amide bonds. The van der Waals surface area contributed by atoms with E-state index in [2.05, 4.69) is 17.6 Å². The predicted molar refractivity (Wildman–Crippen MR) is 124 cm³/mol. The molecule has 174 valence electrons. The highest BCUT2D eigenvalue weighted by atomic mass is 32.2. The third kappa shape index (κ3) is 3.71. The van der Waals surface area contributed by atoms with Crippen LogP contribution in [0.1, 0.15) is 38.2 Å². The van der Waals surface area contributed by atoms with Crippen molar-refractivity contribution >= 4 is 29.5 Å². The van der Waals surface area contributed by atoms with Gasteiger partial charge in [0, 0.05) is 32.0 Å². The van der Waals surface area contributed by atoms with Crippen LogP contribution in [-0.4, -0.2) is 64.0 Å². The molecule has 32 heavy (non-hydrogen) atoms. The molecule has 1 spiro atoms. The Hall–Kier alpha value is -2.06. The summed E-state index contributed by atoms with van der Waals surface area (Å²) in [5.41, 5.74) is 1.01. The highest BCUT2D eigenvalue weighted by Crippen LogP contribution is 2.68. The number of rotatable bonds is 9. The number of amides is 3. The molecular weight excluding hydrogens is 426 g/mol. The highest BCUT2D eigenvalue weighted by Gasteiger charge is 2.75. The van der Waals surface area contributed by atoms with E-state index in [1.54, 1.807) is 23.7 Å². The Balaban J connectivity index is 1.62. The van der Waals surface area contributed by atoms with E-state index in [-0.39, 0.29) is 41.4 Å². The number of aliphatic hydroxyl groups excluding tert-OH is 1. The number of fused-ring (bicyclic) bond motifs is 1. The molecule has 1 aromatic rings. The van der Waals surface area contributed by atoms with Crippen molar-refractivity contribution < 1.29 is 19.5 Å². The number of likely N-dealkylation sites (tertiary alicyclic amines) is 1. The molecule has 2 bridgehead atoms. The first-order valence-corrected chi connectivity index (χ1v) is 12.5. The summed E-state index contributed by atoms with van der Waals surface area (Å²) in [4.78, 5) is 41.8. The molecule has 3 saturated heterocycles. The van der Waals surface area contributed by atoms with Crippen LogP contribution < -0.4 is 10.6 Å². The minimum atomic E-state index is -0.586. The lowest BCUT2D eigenvalue weighted by Gasteiger charge is -2.38. The van der Waals surface area contributed by atoms with Gasteiger partial charge < -0.3 is 20.6 Å². The highest BCUT2D eigenvalue weighted by molar-refractivity contribution is 8.02. The van der Waals surface area contributed by atoms with Crippen LogP contribution in [0.25, 0.3) is 0 Å². The van der Waals surface area contributed by atoms with Crippen LogP contribution in [0.4, 0.5) is 0 Å². The lowest BCUT2D eigenvalue weighted by molar-refractivity contribution is -0.140. The number of benzene rings is 1. The number of thioether (sulfide) groups is 1. The number of nitrogens with one attached hydrogen (secondary N) is 2. The van der Waals surface area contributed by atoms with Crippen molar-refractivity contribution in [3.63, 3.8) is 0 Å². The number of carbonyl (C=O) groups excluding carboxylic acids is 3. The van der Waals surface area contributed by atoms with E-state index in [0.717, 1.165) is 24.8 Å². The largest absolute Gasteiger partial charge is 0.396 e. The first-order valence-electron chi connectivity index (χ1n) is 11.6. The van der Waals surface area contributed by atoms with Crippen molar-refractivity contribution in [3.05, 3.63) is 35.9 Å². The fourth-order valence-corrected chi connectivity index (χ4v) is 8.40. The van der Waals surface area contributed by atoms with Crippen LogP contribution in [0.2, 0.25) is 0 Å². The van der Waals surface area contributed by atoms with Crippen LogP contribution in [0.15, 0.2) is 30.3 Å². The number of unbranched alkanes of at least 4 members (excludes halogenated alkanes) is 2. The SMILES string of the molecule is CNC(=O)[C@@H]1[C@H]2C(=O)N(CCCCCO)C(C(=O)NCc3ccccc3)C23S[C@@H]1CC3C. The zero-order chi connectivity index (χ0) is 22.9. The van der Waals surface area contributed by atoms with Gasteiger partial charge >= 0.3 is 0 Å². The van der Waals surface area contributed by atoms with E-state index >= 15 is 0 Å². The normalized spacial score (nSPS) is 32.8. The molecule has 0 saturated carbocycles. The molecule has 3 heterocycles. The molecule has 6 atom stereocenters. The molecule has 0 aliphatic carbocycles. The maximum Gasteiger partial charge on any atom is 0.244 e. The second-order valence-corrected chi connectivity index (χ2v) is 10.7. The van der Waals surface area contributed by atoms with Gasteiger partial charge in [-0.3, -0.25) is 14.4 Å². The molecule has 7 nitrogen and oxygen atoms in total. The third-order valence-electron chi connectivity index (χ3n) is 7.41. The maximum absolute atomic E-state index is 13.7. The Morgan fingerprint density at radius 3 is 2.62 bits per heavy atom. The van der Waals surface area contributed by atoms with Crippen molar-refractivity contribution in [2.75, 3.05) is 20.2 Å². The van der Waals surface area contributed by atoms with Crippen molar-refractivity contribution in [3.8, 4) is 0 Å². The monoisotopic (exact) mass is 459 g/mol. The number of hydrogen-bond donors (Lipinski definition) is 3. The van der Waals surface area contributed by atoms with Crippen LogP contribution in [0.5, 0.6) is 0 Å². The molecule has 3 fully saturated rings. The molecular formula is C24H33N3O4S. The zero-order valence-corrected chi connectivity index (χ0v) is 19.6. The third-order valence-corrected chi connectivity index (χ3v) is 9.49. The summed E-state index contributed by atoms with van der Waals surface area (Å²) in [7, 11) is 1.62. The average Bonchev–Trinajstić information content (AvgIpc) is 3.39. The van der Waals surface area contributed by atoms with Crippen LogP contribution in [0.3, 0.4) is 0 Å². The van der Waals surface area contributed by atoms with Gasteiger partial charge in [-0.05, 0) is 37.2 Å². The van der Waals surface area contributed by atoms with Gasteiger partial charge in [0.2, 0.25) is 17.7 Å². The van der Waals surface area contributed by atoms with E-state index in [1.807, 2.05) is 30.3 Å². The topological polar surface area (TPSA) is 98.7 Å². The Morgan fingerprint density at radius 2 is 1.94 bits per heavy atom. The quantitative estimate of drug-likeness (QED) is 0.487. The fraction of sp³-hybridized carbons (Fsp3) is 0.625. The van der Waals surface area contributed by atoms with Crippen molar-refractivity contribution in [2.45, 2.75) is 55.2 Å². The first kappa shape index (κ1) is 23.1. The fourth-order valence-electron chi connectivity index (χ4n) is 5.98. The van der Waals surface area contributed by atoms with Gasteiger partial charge in [-0.1, -0.05) is 37.3 Å². The molecule has 4 rings (SSSR count). The van der Waals surface area contributed by atoms with E-state index in [0.29, 0.717) is 19.5 Å². The number of nitrogens with zero attached hydrogens (tertiary/aromatic N) is 1. The average molecular weight is 460 g/mol. The summed E-state index contributed by atoms with van der Waals surface area (Å²) < 4.78 is -0.573. The molecule has 0 radical (unpaired) electrons. The van der Waals surface area contributed by atoms with E-state index < -0.39 is 16.7 Å². The minimum absolute atomic E-state index is 0.0657. The summed E-state index contributed by atoms with van der Waals surface area (Å²) in [6, 6.07) is 9.16. The molecule has 1 aromatic carbocycles. The van der Waals surface area contributed by atoms with E-state index in [1.165, 1.54) is 0 Å². The van der Waals surface area contributed by atoms with Crippen LogP contribution in [0, 0.1) is 17.8 Å². The number of hydrogen-bond acceptors (Lipinski definition) is 5. The van der Waals surface area contributed by atoms with Gasteiger partial charge in [0.05, 0.1) is 16.6 Å². The molecule has 3 aliphatic heterocycles. The molecule has 3 aliphatic rings. The van der Waals surface area contributed by atoms with Crippen LogP contribution in [-0.2, 0) is 20.9 Å². The standard InChI is InChI=1S/C24H33N3O4S/c1-15-13-17-18(21(29)25-2)19-23(31)27(11-7-4-8-12-28)20(24(15,19)32-17)22(30)26-14-16-9-5-3-6-10-16/h3,5-6,9-10,15,17-20,28H,4,7-8,11-14H2,1-2H3,(H,25,29)(H,26,30)/t15?,17-,18+,19+,20?,24?/m1/s1. The minimum Gasteiger partial charge on any atom is -0.396 e. The predicted octanol–water partition coefficient (Wildman–Crippen LogP) is 1.55. The van der Waals surface area contributed by atoms with Gasteiger partial charge in [0.15, 0.2) is 0 Å².